The number of amides is 1. The molecule has 0 saturated heterocycles. The van der Waals surface area contributed by atoms with E-state index in [1.54, 1.807) is 14.0 Å². The van der Waals surface area contributed by atoms with E-state index in [2.05, 4.69) is 5.32 Å². The van der Waals surface area contributed by atoms with E-state index in [1.165, 1.54) is 0 Å². The average molecular weight is 243 g/mol. The van der Waals surface area contributed by atoms with Gasteiger partial charge in [0.05, 0.1) is 6.10 Å². The molecule has 0 aliphatic heterocycles. The lowest BCUT2D eigenvalue weighted by Gasteiger charge is -2.29. The van der Waals surface area contributed by atoms with Crippen LogP contribution in [0.2, 0.25) is 0 Å². The van der Waals surface area contributed by atoms with Crippen molar-refractivity contribution in [3.63, 3.8) is 0 Å². The highest BCUT2D eigenvalue weighted by Crippen LogP contribution is 2.24. The van der Waals surface area contributed by atoms with Crippen molar-refractivity contribution < 1.29 is 14.6 Å². The maximum Gasteiger partial charge on any atom is 0.251 e. The first-order valence-corrected chi connectivity index (χ1v) is 6.53. The highest BCUT2D eigenvalue weighted by molar-refractivity contribution is 5.84. The van der Waals surface area contributed by atoms with Crippen LogP contribution in [-0.4, -0.2) is 36.4 Å². The molecule has 1 rings (SSSR count). The predicted molar refractivity (Wildman–Crippen MR) is 66.7 cm³/mol. The van der Waals surface area contributed by atoms with Crippen molar-refractivity contribution in [3.05, 3.63) is 0 Å². The summed E-state index contributed by atoms with van der Waals surface area (Å²) in [6.07, 6.45) is 4.31. The number of hydrogen-bond acceptors (Lipinski definition) is 3. The van der Waals surface area contributed by atoms with Crippen LogP contribution in [0.25, 0.3) is 0 Å². The molecule has 1 saturated carbocycles. The highest BCUT2D eigenvalue weighted by Gasteiger charge is 2.31. The van der Waals surface area contributed by atoms with E-state index in [1.807, 2.05) is 6.92 Å². The molecular formula is C13H25NO3. The maximum absolute atomic E-state index is 12.0. The normalized spacial score (nSPS) is 28.5. The number of carbonyl (C=O) groups is 1. The third-order valence-corrected chi connectivity index (χ3v) is 3.91. The Hall–Kier alpha value is -0.610. The second-order valence-corrected chi connectivity index (χ2v) is 5.19. The van der Waals surface area contributed by atoms with E-state index in [4.69, 9.17) is 4.74 Å². The van der Waals surface area contributed by atoms with E-state index in [0.717, 1.165) is 25.7 Å². The summed E-state index contributed by atoms with van der Waals surface area (Å²) in [4.78, 5) is 12.0. The Kier molecular flexibility index (Phi) is 5.40. The Morgan fingerprint density at radius 3 is 2.76 bits per heavy atom. The molecule has 1 fully saturated rings. The van der Waals surface area contributed by atoms with Gasteiger partial charge in [0.2, 0.25) is 0 Å². The SMILES string of the molecule is CCC(C)(OC)C(=O)NCC1CCCC(O)C1. The van der Waals surface area contributed by atoms with Crippen molar-refractivity contribution in [2.75, 3.05) is 13.7 Å². The summed E-state index contributed by atoms with van der Waals surface area (Å²) in [6.45, 7) is 4.39. The summed E-state index contributed by atoms with van der Waals surface area (Å²) in [5, 5.41) is 12.5. The standard InChI is InChI=1S/C13H25NO3/c1-4-13(2,17-3)12(16)14-9-10-6-5-7-11(15)8-10/h10-11,15H,4-9H2,1-3H3,(H,14,16). The van der Waals surface area contributed by atoms with Gasteiger partial charge < -0.3 is 15.2 Å². The van der Waals surface area contributed by atoms with Crippen molar-refractivity contribution in [2.24, 2.45) is 5.92 Å². The minimum Gasteiger partial charge on any atom is -0.393 e. The number of aliphatic hydroxyl groups excluding tert-OH is 1. The van der Waals surface area contributed by atoms with Crippen LogP contribution in [0.1, 0.15) is 46.0 Å². The molecule has 0 aromatic heterocycles. The van der Waals surface area contributed by atoms with E-state index >= 15 is 0 Å². The smallest absolute Gasteiger partial charge is 0.251 e. The van der Waals surface area contributed by atoms with Gasteiger partial charge in [-0.1, -0.05) is 13.3 Å². The average Bonchev–Trinajstić information content (AvgIpc) is 2.35. The lowest BCUT2D eigenvalue weighted by Crippen LogP contribution is -2.47. The number of nitrogens with one attached hydrogen (secondary N) is 1. The topological polar surface area (TPSA) is 58.6 Å². The van der Waals surface area contributed by atoms with Crippen LogP contribution < -0.4 is 5.32 Å². The summed E-state index contributed by atoms with van der Waals surface area (Å²) in [5.74, 6) is 0.350. The number of hydrogen-bond donors (Lipinski definition) is 2. The van der Waals surface area contributed by atoms with Gasteiger partial charge in [0, 0.05) is 13.7 Å². The van der Waals surface area contributed by atoms with Crippen molar-refractivity contribution in [1.29, 1.82) is 0 Å². The van der Waals surface area contributed by atoms with Gasteiger partial charge in [-0.05, 0) is 38.5 Å². The largest absolute Gasteiger partial charge is 0.393 e. The molecule has 100 valence electrons. The molecule has 4 nitrogen and oxygen atoms in total. The maximum atomic E-state index is 12.0. The highest BCUT2D eigenvalue weighted by atomic mass is 16.5. The Morgan fingerprint density at radius 2 is 2.24 bits per heavy atom. The van der Waals surface area contributed by atoms with Gasteiger partial charge in [0.15, 0.2) is 0 Å². The number of ether oxygens (including phenoxy) is 1. The van der Waals surface area contributed by atoms with Gasteiger partial charge in [0.1, 0.15) is 5.60 Å². The molecule has 4 heteroatoms. The fourth-order valence-corrected chi connectivity index (χ4v) is 2.27. The Bertz CT molecular complexity index is 251. The molecule has 1 aliphatic carbocycles. The van der Waals surface area contributed by atoms with Gasteiger partial charge in [-0.3, -0.25) is 4.79 Å². The Labute approximate surface area is 104 Å². The van der Waals surface area contributed by atoms with Gasteiger partial charge in [-0.25, -0.2) is 0 Å². The molecular weight excluding hydrogens is 218 g/mol. The van der Waals surface area contributed by atoms with Gasteiger partial charge in [0.25, 0.3) is 5.91 Å². The Balaban J connectivity index is 2.37. The lowest BCUT2D eigenvalue weighted by atomic mass is 9.87. The van der Waals surface area contributed by atoms with Crippen LogP contribution in [0.5, 0.6) is 0 Å². The molecule has 1 amide bonds. The van der Waals surface area contributed by atoms with E-state index in [0.29, 0.717) is 18.9 Å². The first kappa shape index (κ1) is 14.5. The molecule has 0 spiro atoms. The first-order chi connectivity index (χ1) is 8.01. The van der Waals surface area contributed by atoms with Crippen LogP contribution in [0, 0.1) is 5.92 Å². The number of carbonyl (C=O) groups excluding carboxylic acids is 1. The minimum atomic E-state index is -0.729. The number of methoxy groups -OCH3 is 1. The third-order valence-electron chi connectivity index (χ3n) is 3.91. The number of aliphatic hydroxyl groups is 1. The number of rotatable bonds is 5. The van der Waals surface area contributed by atoms with Gasteiger partial charge in [-0.15, -0.1) is 0 Å². The first-order valence-electron chi connectivity index (χ1n) is 6.53. The third kappa shape index (κ3) is 3.96. The summed E-state index contributed by atoms with van der Waals surface area (Å²) in [5.41, 5.74) is -0.729. The van der Waals surface area contributed by atoms with Crippen LogP contribution in [0.3, 0.4) is 0 Å². The summed E-state index contributed by atoms with van der Waals surface area (Å²) < 4.78 is 5.25. The molecule has 0 radical (unpaired) electrons. The zero-order valence-electron chi connectivity index (χ0n) is 11.2. The van der Waals surface area contributed by atoms with E-state index < -0.39 is 5.60 Å². The minimum absolute atomic E-state index is 0.0532. The molecule has 0 bridgehead atoms. The van der Waals surface area contributed by atoms with E-state index in [-0.39, 0.29) is 12.0 Å². The molecule has 1 aliphatic rings. The van der Waals surface area contributed by atoms with Crippen LogP contribution >= 0.6 is 0 Å². The fraction of sp³-hybridized carbons (Fsp3) is 0.923. The molecule has 0 aromatic rings. The molecule has 0 heterocycles. The quantitative estimate of drug-likeness (QED) is 0.768. The van der Waals surface area contributed by atoms with Crippen molar-refractivity contribution in [2.45, 2.75) is 57.7 Å². The molecule has 3 unspecified atom stereocenters. The molecule has 17 heavy (non-hydrogen) atoms. The van der Waals surface area contributed by atoms with Crippen LogP contribution in [0.15, 0.2) is 0 Å². The van der Waals surface area contributed by atoms with E-state index in [9.17, 15) is 9.90 Å². The zero-order valence-corrected chi connectivity index (χ0v) is 11.2. The monoisotopic (exact) mass is 243 g/mol. The lowest BCUT2D eigenvalue weighted by molar-refractivity contribution is -0.142. The molecule has 2 N–H and O–H groups in total. The second-order valence-electron chi connectivity index (χ2n) is 5.19. The van der Waals surface area contributed by atoms with Crippen molar-refractivity contribution in [1.82, 2.24) is 5.32 Å². The molecule has 3 atom stereocenters. The van der Waals surface area contributed by atoms with Gasteiger partial charge in [-0.2, -0.15) is 0 Å². The summed E-state index contributed by atoms with van der Waals surface area (Å²) >= 11 is 0. The second kappa shape index (κ2) is 6.36. The molecule has 0 aromatic carbocycles. The summed E-state index contributed by atoms with van der Waals surface area (Å²) in [6, 6.07) is 0. The summed E-state index contributed by atoms with van der Waals surface area (Å²) in [7, 11) is 1.56. The predicted octanol–water partition coefficient (Wildman–Crippen LogP) is 1.47. The van der Waals surface area contributed by atoms with Crippen molar-refractivity contribution >= 4 is 5.91 Å². The van der Waals surface area contributed by atoms with Crippen LogP contribution in [-0.2, 0) is 9.53 Å². The van der Waals surface area contributed by atoms with Gasteiger partial charge >= 0.3 is 0 Å². The fourth-order valence-electron chi connectivity index (χ4n) is 2.27. The zero-order chi connectivity index (χ0) is 12.9. The Morgan fingerprint density at radius 1 is 1.53 bits per heavy atom. The van der Waals surface area contributed by atoms with Crippen molar-refractivity contribution in [3.8, 4) is 0 Å². The van der Waals surface area contributed by atoms with Crippen LogP contribution in [0.4, 0.5) is 0 Å².